The van der Waals surface area contributed by atoms with Gasteiger partial charge in [-0.25, -0.2) is 8.78 Å². The van der Waals surface area contributed by atoms with Gasteiger partial charge in [0.05, 0.1) is 0 Å². The number of halogens is 2. The molecule has 33 heavy (non-hydrogen) atoms. The van der Waals surface area contributed by atoms with Crippen molar-refractivity contribution in [3.05, 3.63) is 47.4 Å². The Labute approximate surface area is 200 Å². The van der Waals surface area contributed by atoms with Crippen molar-refractivity contribution in [2.75, 3.05) is 0 Å². The molecule has 2 atom stereocenters. The van der Waals surface area contributed by atoms with Crippen LogP contribution in [-0.4, -0.2) is 6.17 Å². The third kappa shape index (κ3) is 5.63. The summed E-state index contributed by atoms with van der Waals surface area (Å²) in [6.07, 6.45) is 19.2. The number of rotatable bonds is 9. The molecule has 0 radical (unpaired) electrons. The van der Waals surface area contributed by atoms with Crippen molar-refractivity contribution in [2.24, 2.45) is 29.1 Å². The summed E-state index contributed by atoms with van der Waals surface area (Å²) < 4.78 is 30.7. The van der Waals surface area contributed by atoms with E-state index in [1.54, 1.807) is 12.1 Å². The van der Waals surface area contributed by atoms with E-state index in [9.17, 15) is 0 Å². The van der Waals surface area contributed by atoms with Crippen LogP contribution < -0.4 is 10.4 Å². The molecule has 3 aliphatic carbocycles. The lowest BCUT2D eigenvalue weighted by Crippen LogP contribution is -2.43. The van der Waals surface area contributed by atoms with E-state index in [-0.39, 0.29) is 0 Å². The molecular formula is C31H44F2. The highest BCUT2D eigenvalue weighted by Gasteiger charge is 2.42. The zero-order chi connectivity index (χ0) is 23.3. The molecule has 0 bridgehead atoms. The molecule has 2 fully saturated rings. The molecule has 0 spiro atoms. The van der Waals surface area contributed by atoms with Gasteiger partial charge in [-0.2, -0.15) is 0 Å². The van der Waals surface area contributed by atoms with E-state index in [1.165, 1.54) is 64.2 Å². The lowest BCUT2D eigenvalue weighted by atomic mass is 9.66. The van der Waals surface area contributed by atoms with Crippen LogP contribution in [-0.2, 0) is 0 Å². The fraction of sp³-hybridized carbons (Fsp3) is 0.677. The van der Waals surface area contributed by atoms with Gasteiger partial charge in [-0.3, -0.25) is 0 Å². The largest absolute Gasteiger partial charge is 0.239 e. The van der Waals surface area contributed by atoms with Gasteiger partial charge in [-0.15, -0.1) is 6.58 Å². The van der Waals surface area contributed by atoms with Crippen molar-refractivity contribution in [1.29, 1.82) is 0 Å². The summed E-state index contributed by atoms with van der Waals surface area (Å²) >= 11 is 0. The molecule has 0 aliphatic heterocycles. The van der Waals surface area contributed by atoms with E-state index in [0.717, 1.165) is 42.2 Å². The molecule has 0 N–H and O–H groups in total. The molecular weight excluding hydrogens is 410 g/mol. The molecule has 2 unspecified atom stereocenters. The van der Waals surface area contributed by atoms with Crippen molar-refractivity contribution in [1.82, 2.24) is 0 Å². The maximum absolute atomic E-state index is 15.6. The first kappa shape index (κ1) is 24.7. The number of hydrogen-bond donors (Lipinski definition) is 0. The number of fused-ring (bicyclic) bond motifs is 1. The molecule has 0 aromatic heterocycles. The molecule has 3 aliphatic rings. The molecule has 182 valence electrons. The Morgan fingerprint density at radius 3 is 2.12 bits per heavy atom. The van der Waals surface area contributed by atoms with Crippen LogP contribution in [0.1, 0.15) is 96.8 Å². The summed E-state index contributed by atoms with van der Waals surface area (Å²) in [5, 5.41) is 1.30. The fourth-order valence-corrected chi connectivity index (χ4v) is 7.28. The van der Waals surface area contributed by atoms with Gasteiger partial charge in [0.1, 0.15) is 5.83 Å². The molecule has 0 amide bonds. The predicted molar refractivity (Wildman–Crippen MR) is 136 cm³/mol. The molecule has 4 rings (SSSR count). The van der Waals surface area contributed by atoms with Crippen molar-refractivity contribution in [2.45, 2.75) is 103 Å². The van der Waals surface area contributed by atoms with Gasteiger partial charge in [-0.05, 0) is 80.3 Å². The van der Waals surface area contributed by atoms with Crippen molar-refractivity contribution >= 4 is 11.9 Å². The lowest BCUT2D eigenvalue weighted by Gasteiger charge is -2.40. The van der Waals surface area contributed by atoms with Crippen molar-refractivity contribution in [3.8, 4) is 0 Å². The highest BCUT2D eigenvalue weighted by molar-refractivity contribution is 5.54. The van der Waals surface area contributed by atoms with Crippen LogP contribution in [0.15, 0.2) is 36.9 Å². The molecule has 0 saturated heterocycles. The van der Waals surface area contributed by atoms with Gasteiger partial charge in [0.2, 0.25) is 0 Å². The minimum atomic E-state index is -1.54. The standard InChI is InChI=1S/C31H44F2/c1-3-5-20-31(22-27-9-6-7-10-28(27)29(32)30(31)33)21-19-24-13-17-26(18-14-24)25-15-11-23(8-4-2)12-16-25/h3,6-7,9-10,22-26,30H,1,4-5,8,11-21H2,2H3. The molecule has 2 heteroatoms. The van der Waals surface area contributed by atoms with E-state index in [1.807, 2.05) is 18.2 Å². The number of benzene rings is 1. The van der Waals surface area contributed by atoms with E-state index >= 15 is 8.78 Å². The maximum Gasteiger partial charge on any atom is 0.161 e. The van der Waals surface area contributed by atoms with Crippen LogP contribution in [0.2, 0.25) is 0 Å². The third-order valence-corrected chi connectivity index (χ3v) is 9.37. The van der Waals surface area contributed by atoms with E-state index in [4.69, 9.17) is 0 Å². The smallest absolute Gasteiger partial charge is 0.161 e. The third-order valence-electron chi connectivity index (χ3n) is 9.37. The monoisotopic (exact) mass is 454 g/mol. The van der Waals surface area contributed by atoms with E-state index < -0.39 is 17.4 Å². The Kier molecular flexibility index (Phi) is 8.47. The van der Waals surface area contributed by atoms with Crippen LogP contribution in [0.4, 0.5) is 8.78 Å². The van der Waals surface area contributed by atoms with E-state index in [0.29, 0.717) is 17.6 Å². The Morgan fingerprint density at radius 2 is 1.52 bits per heavy atom. The lowest BCUT2D eigenvalue weighted by molar-refractivity contribution is 0.126. The highest BCUT2D eigenvalue weighted by atomic mass is 19.2. The van der Waals surface area contributed by atoms with Gasteiger partial charge in [0.25, 0.3) is 0 Å². The summed E-state index contributed by atoms with van der Waals surface area (Å²) in [5.74, 6) is 2.93. The topological polar surface area (TPSA) is 0 Å². The fourth-order valence-electron chi connectivity index (χ4n) is 7.28. The van der Waals surface area contributed by atoms with Crippen LogP contribution in [0.25, 0.3) is 11.9 Å². The molecule has 1 aromatic rings. The maximum atomic E-state index is 15.6. The minimum absolute atomic E-state index is 0.438. The number of alkyl halides is 1. The SMILES string of the molecule is C=CCCC1(CCC2CCC(C3CCC(CCC)CC3)CC2)C=c2ccccc2=C(F)C1F. The predicted octanol–water partition coefficient (Wildman–Crippen LogP) is 8.04. The van der Waals surface area contributed by atoms with Crippen LogP contribution in [0, 0.1) is 29.1 Å². The van der Waals surface area contributed by atoms with Crippen LogP contribution in [0.5, 0.6) is 0 Å². The van der Waals surface area contributed by atoms with Crippen molar-refractivity contribution in [3.63, 3.8) is 0 Å². The van der Waals surface area contributed by atoms with E-state index in [2.05, 4.69) is 19.6 Å². The summed E-state index contributed by atoms with van der Waals surface area (Å²) in [6, 6.07) is 7.37. The number of hydrogen-bond acceptors (Lipinski definition) is 0. The van der Waals surface area contributed by atoms with Gasteiger partial charge in [0.15, 0.2) is 6.17 Å². The zero-order valence-corrected chi connectivity index (χ0v) is 20.7. The summed E-state index contributed by atoms with van der Waals surface area (Å²) in [4.78, 5) is 0. The highest BCUT2D eigenvalue weighted by Crippen LogP contribution is 2.47. The molecule has 1 aromatic carbocycles. The summed E-state index contributed by atoms with van der Waals surface area (Å²) in [7, 11) is 0. The Balaban J connectivity index is 1.36. The normalized spacial score (nSPS) is 34.4. The first-order chi connectivity index (χ1) is 16.1. The summed E-state index contributed by atoms with van der Waals surface area (Å²) in [5.41, 5.74) is -0.735. The second kappa shape index (κ2) is 11.3. The Morgan fingerprint density at radius 1 is 0.909 bits per heavy atom. The zero-order valence-electron chi connectivity index (χ0n) is 20.7. The van der Waals surface area contributed by atoms with Crippen LogP contribution >= 0.6 is 0 Å². The second-order valence-electron chi connectivity index (χ2n) is 11.4. The average Bonchev–Trinajstić information content (AvgIpc) is 2.86. The molecule has 0 heterocycles. The average molecular weight is 455 g/mol. The first-order valence-electron chi connectivity index (χ1n) is 13.8. The molecule has 0 nitrogen and oxygen atoms in total. The van der Waals surface area contributed by atoms with Crippen molar-refractivity contribution < 1.29 is 8.78 Å². The summed E-state index contributed by atoms with van der Waals surface area (Å²) in [6.45, 7) is 6.16. The Bertz CT molecular complexity index is 886. The van der Waals surface area contributed by atoms with Gasteiger partial charge in [-0.1, -0.05) is 81.9 Å². The minimum Gasteiger partial charge on any atom is -0.239 e. The van der Waals surface area contributed by atoms with Gasteiger partial charge >= 0.3 is 0 Å². The second-order valence-corrected chi connectivity index (χ2v) is 11.4. The van der Waals surface area contributed by atoms with Gasteiger partial charge < -0.3 is 0 Å². The first-order valence-corrected chi connectivity index (χ1v) is 13.8. The number of allylic oxidation sites excluding steroid dienone is 1. The quantitative estimate of drug-likeness (QED) is 0.331. The van der Waals surface area contributed by atoms with Crippen LogP contribution in [0.3, 0.4) is 0 Å². The van der Waals surface area contributed by atoms with Gasteiger partial charge in [0, 0.05) is 10.6 Å². The molecule has 2 saturated carbocycles. The Hall–Kier alpha value is -1.44.